The lowest BCUT2D eigenvalue weighted by molar-refractivity contribution is -0.161. The Morgan fingerprint density at radius 1 is 0.318 bits per heavy atom. The molecule has 7 atom stereocenters. The predicted octanol–water partition coefficient (Wildman–Crippen LogP) is 19.6. The standard InChI is InChI=1S/C69H134O17P2/c1-7-11-13-15-17-18-19-20-21-29-35-41-47-53-68(73)85-64(57-79-66(71)51-45-39-31-16-14-12-8-2)59-83-87(75,76)81-55-63(70)56-82-88(77,78)84-60-65(86-69(74)54-48-42-36-30-25-23-27-33-38-44-50-62(6)10-4)58-80-67(72)52-46-40-34-28-24-22-26-32-37-43-49-61(5)9-3/h61-65,70H,7-60H2,1-6H3,(H,75,76)(H,77,78)/t61?,62?,63-,64+,65+/m0/s1. The third-order valence-electron chi connectivity index (χ3n) is 16.7. The first kappa shape index (κ1) is 86.1. The summed E-state index contributed by atoms with van der Waals surface area (Å²) in [5.74, 6) is -0.516. The zero-order valence-corrected chi connectivity index (χ0v) is 58.8. The zero-order chi connectivity index (χ0) is 65.0. The Hall–Kier alpha value is -1.94. The van der Waals surface area contributed by atoms with Crippen LogP contribution in [0.3, 0.4) is 0 Å². The number of aliphatic hydroxyl groups is 1. The highest BCUT2D eigenvalue weighted by Gasteiger charge is 2.30. The maximum Gasteiger partial charge on any atom is 0.472 e. The van der Waals surface area contributed by atoms with Crippen LogP contribution in [0.5, 0.6) is 0 Å². The molecule has 0 saturated heterocycles. The SMILES string of the molecule is CCCCCCCCCCCCCCCC(=O)O[C@H](COC(=O)CCCCCCCCC)COP(=O)(O)OC[C@H](O)COP(=O)(O)OC[C@@H](COC(=O)CCCCCCCCCCCCC(C)CC)OC(=O)CCCCCCCCCCCCC(C)CC. The van der Waals surface area contributed by atoms with Gasteiger partial charge in [0.25, 0.3) is 0 Å². The molecule has 0 fully saturated rings. The molecule has 0 saturated carbocycles. The van der Waals surface area contributed by atoms with Crippen molar-refractivity contribution in [3.05, 3.63) is 0 Å². The summed E-state index contributed by atoms with van der Waals surface area (Å²) in [4.78, 5) is 72.4. The van der Waals surface area contributed by atoms with Gasteiger partial charge in [0.05, 0.1) is 26.4 Å². The third kappa shape index (κ3) is 60.3. The topological polar surface area (TPSA) is 237 Å². The Morgan fingerprint density at radius 3 is 0.807 bits per heavy atom. The number of hydrogen-bond acceptors (Lipinski definition) is 15. The first-order valence-corrected chi connectivity index (χ1v) is 39.1. The molecule has 0 aromatic heterocycles. The Bertz CT molecular complexity index is 1720. The molecule has 0 heterocycles. The summed E-state index contributed by atoms with van der Waals surface area (Å²) in [5.41, 5.74) is 0. The van der Waals surface area contributed by atoms with E-state index in [9.17, 15) is 43.2 Å². The van der Waals surface area contributed by atoms with E-state index in [0.717, 1.165) is 115 Å². The van der Waals surface area contributed by atoms with Crippen molar-refractivity contribution in [1.29, 1.82) is 0 Å². The molecule has 0 spiro atoms. The quantitative estimate of drug-likeness (QED) is 0.0222. The van der Waals surface area contributed by atoms with E-state index < -0.39 is 97.5 Å². The number of esters is 4. The van der Waals surface area contributed by atoms with E-state index in [-0.39, 0.29) is 25.7 Å². The zero-order valence-electron chi connectivity index (χ0n) is 57.0. The Morgan fingerprint density at radius 2 is 0.545 bits per heavy atom. The van der Waals surface area contributed by atoms with Crippen molar-refractivity contribution >= 4 is 39.5 Å². The van der Waals surface area contributed by atoms with Gasteiger partial charge in [0.1, 0.15) is 19.3 Å². The summed E-state index contributed by atoms with van der Waals surface area (Å²) in [5, 5.41) is 10.6. The minimum Gasteiger partial charge on any atom is -0.462 e. The molecule has 4 unspecified atom stereocenters. The van der Waals surface area contributed by atoms with Crippen LogP contribution in [0.25, 0.3) is 0 Å². The smallest absolute Gasteiger partial charge is 0.462 e. The summed E-state index contributed by atoms with van der Waals surface area (Å²) in [6, 6.07) is 0. The van der Waals surface area contributed by atoms with Gasteiger partial charge in [-0.3, -0.25) is 37.3 Å². The van der Waals surface area contributed by atoms with Gasteiger partial charge in [-0.2, -0.15) is 0 Å². The van der Waals surface area contributed by atoms with Crippen molar-refractivity contribution in [2.24, 2.45) is 11.8 Å². The van der Waals surface area contributed by atoms with Crippen molar-refractivity contribution in [3.8, 4) is 0 Å². The van der Waals surface area contributed by atoms with Crippen LogP contribution >= 0.6 is 15.6 Å². The molecule has 522 valence electrons. The second kappa shape index (κ2) is 61.3. The monoisotopic (exact) mass is 1300 g/mol. The average Bonchev–Trinajstić information content (AvgIpc) is 3.56. The van der Waals surface area contributed by atoms with Crippen LogP contribution in [0.2, 0.25) is 0 Å². The average molecular weight is 1300 g/mol. The van der Waals surface area contributed by atoms with Crippen molar-refractivity contribution in [3.63, 3.8) is 0 Å². The molecule has 88 heavy (non-hydrogen) atoms. The highest BCUT2D eigenvalue weighted by atomic mass is 31.2. The maximum absolute atomic E-state index is 13.0. The van der Waals surface area contributed by atoms with Gasteiger partial charge >= 0.3 is 39.5 Å². The van der Waals surface area contributed by atoms with E-state index in [2.05, 4.69) is 41.5 Å². The molecule has 0 bridgehead atoms. The summed E-state index contributed by atoms with van der Waals surface area (Å²) in [7, 11) is -9.89. The minimum absolute atomic E-state index is 0.106. The van der Waals surface area contributed by atoms with Crippen molar-refractivity contribution in [2.45, 2.75) is 368 Å². The Labute approximate surface area is 537 Å². The van der Waals surface area contributed by atoms with Crippen LogP contribution < -0.4 is 0 Å². The van der Waals surface area contributed by atoms with E-state index in [0.29, 0.717) is 25.7 Å². The highest BCUT2D eigenvalue weighted by molar-refractivity contribution is 7.47. The highest BCUT2D eigenvalue weighted by Crippen LogP contribution is 2.45. The third-order valence-corrected chi connectivity index (χ3v) is 18.6. The molecule has 0 aromatic rings. The van der Waals surface area contributed by atoms with Crippen LogP contribution in [-0.4, -0.2) is 96.7 Å². The predicted molar refractivity (Wildman–Crippen MR) is 354 cm³/mol. The van der Waals surface area contributed by atoms with Gasteiger partial charge in [-0.1, -0.05) is 298 Å². The fraction of sp³-hybridized carbons (Fsp3) is 0.942. The van der Waals surface area contributed by atoms with Crippen LogP contribution in [0, 0.1) is 11.8 Å². The normalized spacial score (nSPS) is 14.8. The second-order valence-electron chi connectivity index (χ2n) is 25.4. The van der Waals surface area contributed by atoms with Gasteiger partial charge in [0.2, 0.25) is 0 Å². The number of carbonyl (C=O) groups is 4. The van der Waals surface area contributed by atoms with E-state index in [1.807, 2.05) is 0 Å². The number of rotatable bonds is 68. The van der Waals surface area contributed by atoms with Gasteiger partial charge in [0, 0.05) is 25.7 Å². The first-order chi connectivity index (χ1) is 42.4. The largest absolute Gasteiger partial charge is 0.472 e. The van der Waals surface area contributed by atoms with Gasteiger partial charge in [-0.05, 0) is 37.5 Å². The first-order valence-electron chi connectivity index (χ1n) is 36.1. The van der Waals surface area contributed by atoms with E-state index in [4.69, 9.17) is 37.0 Å². The van der Waals surface area contributed by atoms with Gasteiger partial charge < -0.3 is 33.8 Å². The lowest BCUT2D eigenvalue weighted by Crippen LogP contribution is -2.30. The summed E-state index contributed by atoms with van der Waals surface area (Å²) in [6.45, 7) is 9.56. The summed E-state index contributed by atoms with van der Waals surface area (Å²) >= 11 is 0. The number of ether oxygens (including phenoxy) is 4. The van der Waals surface area contributed by atoms with Crippen molar-refractivity contribution in [1.82, 2.24) is 0 Å². The fourth-order valence-corrected chi connectivity index (χ4v) is 11.9. The Kier molecular flexibility index (Phi) is 59.9. The molecule has 3 N–H and O–H groups in total. The number of carbonyl (C=O) groups excluding carboxylic acids is 4. The molecule has 0 rings (SSSR count). The summed E-state index contributed by atoms with van der Waals surface area (Å²) in [6.07, 6.45) is 45.7. The molecule has 0 radical (unpaired) electrons. The van der Waals surface area contributed by atoms with Crippen LogP contribution in [0.4, 0.5) is 0 Å². The van der Waals surface area contributed by atoms with E-state index >= 15 is 0 Å². The molecular formula is C69H134O17P2. The summed E-state index contributed by atoms with van der Waals surface area (Å²) < 4.78 is 68.2. The molecule has 19 heteroatoms. The van der Waals surface area contributed by atoms with Crippen molar-refractivity contribution < 1.29 is 80.2 Å². The maximum atomic E-state index is 13.0. The number of aliphatic hydroxyl groups excluding tert-OH is 1. The van der Waals surface area contributed by atoms with Crippen LogP contribution in [-0.2, 0) is 65.4 Å². The molecule has 0 aliphatic heterocycles. The van der Waals surface area contributed by atoms with Crippen LogP contribution in [0.15, 0.2) is 0 Å². The van der Waals surface area contributed by atoms with Gasteiger partial charge in [-0.15, -0.1) is 0 Å². The van der Waals surface area contributed by atoms with Crippen molar-refractivity contribution in [2.75, 3.05) is 39.6 Å². The second-order valence-corrected chi connectivity index (χ2v) is 28.3. The lowest BCUT2D eigenvalue weighted by Gasteiger charge is -2.21. The molecule has 0 aromatic carbocycles. The Balaban J connectivity index is 5.22. The molecule has 17 nitrogen and oxygen atoms in total. The molecule has 0 amide bonds. The van der Waals surface area contributed by atoms with E-state index in [1.54, 1.807) is 0 Å². The van der Waals surface area contributed by atoms with Gasteiger partial charge in [0.15, 0.2) is 12.2 Å². The number of unbranched alkanes of at least 4 members (excludes halogenated alkanes) is 36. The van der Waals surface area contributed by atoms with E-state index in [1.165, 1.54) is 154 Å². The van der Waals surface area contributed by atoms with Gasteiger partial charge in [-0.25, -0.2) is 9.13 Å². The number of phosphoric ester groups is 2. The number of hydrogen-bond donors (Lipinski definition) is 3. The molecular weight excluding hydrogens is 1160 g/mol. The molecule has 0 aliphatic carbocycles. The molecule has 0 aliphatic rings. The van der Waals surface area contributed by atoms with Crippen LogP contribution in [0.1, 0.15) is 350 Å². The minimum atomic E-state index is -4.95. The fourth-order valence-electron chi connectivity index (χ4n) is 10.4. The number of phosphoric acid groups is 2. The lowest BCUT2D eigenvalue weighted by atomic mass is 9.99.